The molecule has 3 rings (SSSR count). The third-order valence-electron chi connectivity index (χ3n) is 3.95. The van der Waals surface area contributed by atoms with E-state index < -0.39 is 0 Å². The molecule has 1 unspecified atom stereocenters. The maximum atomic E-state index is 2.68. The maximum absolute atomic E-state index is 2.68. The molecule has 1 saturated heterocycles. The van der Waals surface area contributed by atoms with Crippen molar-refractivity contribution < 1.29 is 0 Å². The zero-order valence-electron chi connectivity index (χ0n) is 9.74. The number of nitrogens with zero attached hydrogens (tertiary/aromatic N) is 2. The summed E-state index contributed by atoms with van der Waals surface area (Å²) in [6.45, 7) is 7.05. The monoisotopic (exact) mass is 204 g/mol. The van der Waals surface area contributed by atoms with Gasteiger partial charge >= 0.3 is 0 Å². The summed E-state index contributed by atoms with van der Waals surface area (Å²) in [6, 6.07) is 6.16. The van der Waals surface area contributed by atoms with Gasteiger partial charge in [-0.15, -0.1) is 0 Å². The molecule has 2 heteroatoms. The van der Waals surface area contributed by atoms with Crippen LogP contribution in [-0.4, -0.2) is 28.6 Å². The van der Waals surface area contributed by atoms with E-state index in [0.29, 0.717) is 0 Å². The average molecular weight is 204 g/mol. The first-order valence-electron chi connectivity index (χ1n) is 6.14. The third-order valence-corrected chi connectivity index (χ3v) is 3.95. The molecule has 0 radical (unpaired) electrons. The Kier molecular flexibility index (Phi) is 2.13. The Hall–Kier alpha value is -0.760. The van der Waals surface area contributed by atoms with Crippen LogP contribution in [0.2, 0.25) is 0 Å². The Morgan fingerprint density at radius 2 is 1.67 bits per heavy atom. The molecular formula is C13H20N2. The second-order valence-electron chi connectivity index (χ2n) is 5.15. The van der Waals surface area contributed by atoms with Gasteiger partial charge in [-0.3, -0.25) is 4.90 Å². The Labute approximate surface area is 91.9 Å². The van der Waals surface area contributed by atoms with Crippen molar-refractivity contribution in [3.8, 4) is 0 Å². The molecule has 1 atom stereocenters. The quantitative estimate of drug-likeness (QED) is 0.718. The lowest BCUT2D eigenvalue weighted by Crippen LogP contribution is -2.24. The fourth-order valence-corrected chi connectivity index (χ4v) is 3.01. The van der Waals surface area contributed by atoms with Crippen LogP contribution in [0.1, 0.15) is 36.7 Å². The Balaban J connectivity index is 1.78. The minimum atomic E-state index is 0.737. The highest BCUT2D eigenvalue weighted by atomic mass is 15.2. The fraction of sp³-hybridized carbons (Fsp3) is 0.692. The third kappa shape index (κ3) is 1.61. The molecule has 2 heterocycles. The van der Waals surface area contributed by atoms with Crippen molar-refractivity contribution >= 4 is 0 Å². The average Bonchev–Trinajstić information content (AvgIpc) is 2.87. The molecule has 0 N–H and O–H groups in total. The van der Waals surface area contributed by atoms with Gasteiger partial charge in [0.1, 0.15) is 0 Å². The normalized spacial score (nSPS) is 27.5. The zero-order valence-corrected chi connectivity index (χ0v) is 9.74. The summed E-state index contributed by atoms with van der Waals surface area (Å²) in [5, 5.41) is 0. The number of rotatable bonds is 2. The topological polar surface area (TPSA) is 8.17 Å². The summed E-state index contributed by atoms with van der Waals surface area (Å²) >= 11 is 0. The molecular weight excluding hydrogens is 184 g/mol. The summed E-state index contributed by atoms with van der Waals surface area (Å²) in [7, 11) is 0. The lowest BCUT2D eigenvalue weighted by molar-refractivity contribution is 0.312. The molecule has 1 aromatic heterocycles. The van der Waals surface area contributed by atoms with Crippen LogP contribution in [0, 0.1) is 13.8 Å². The van der Waals surface area contributed by atoms with Crippen molar-refractivity contribution in [3.63, 3.8) is 0 Å². The van der Waals surface area contributed by atoms with Gasteiger partial charge in [0.2, 0.25) is 0 Å². The first kappa shape index (κ1) is 9.46. The van der Waals surface area contributed by atoms with Crippen LogP contribution in [0.3, 0.4) is 0 Å². The van der Waals surface area contributed by atoms with Crippen LogP contribution in [0.5, 0.6) is 0 Å². The highest BCUT2D eigenvalue weighted by Gasteiger charge is 2.35. The van der Waals surface area contributed by atoms with E-state index in [0.717, 1.165) is 12.1 Å². The lowest BCUT2D eigenvalue weighted by atomic mass is 10.2. The van der Waals surface area contributed by atoms with Crippen LogP contribution >= 0.6 is 0 Å². The minimum Gasteiger partial charge on any atom is -0.345 e. The Morgan fingerprint density at radius 1 is 1.00 bits per heavy atom. The van der Waals surface area contributed by atoms with Crippen molar-refractivity contribution in [2.24, 2.45) is 0 Å². The number of likely N-dealkylation sites (tertiary alicyclic amines) is 1. The molecule has 1 aliphatic carbocycles. The highest BCUT2D eigenvalue weighted by molar-refractivity contribution is 5.16. The summed E-state index contributed by atoms with van der Waals surface area (Å²) in [5.41, 5.74) is 2.85. The van der Waals surface area contributed by atoms with Crippen molar-refractivity contribution in [1.29, 1.82) is 0 Å². The van der Waals surface area contributed by atoms with Crippen molar-refractivity contribution in [3.05, 3.63) is 23.5 Å². The summed E-state index contributed by atoms with van der Waals surface area (Å²) in [6.07, 6.45) is 4.22. The molecule has 2 fully saturated rings. The number of aryl methyl sites for hydroxylation is 2. The van der Waals surface area contributed by atoms with Crippen molar-refractivity contribution in [2.75, 3.05) is 13.1 Å². The van der Waals surface area contributed by atoms with Crippen LogP contribution in [0.15, 0.2) is 12.1 Å². The SMILES string of the molecule is Cc1ccc(C)n1C1CCN(C2CC2)C1. The fourth-order valence-electron chi connectivity index (χ4n) is 3.01. The molecule has 15 heavy (non-hydrogen) atoms. The number of aromatic nitrogens is 1. The first-order valence-corrected chi connectivity index (χ1v) is 6.14. The van der Waals surface area contributed by atoms with Gasteiger partial charge in [-0.05, 0) is 45.2 Å². The van der Waals surface area contributed by atoms with Gasteiger partial charge in [-0.1, -0.05) is 0 Å². The van der Waals surface area contributed by atoms with E-state index >= 15 is 0 Å². The molecule has 0 bridgehead atoms. The molecule has 1 aromatic rings. The Morgan fingerprint density at radius 3 is 2.27 bits per heavy atom. The van der Waals surface area contributed by atoms with Crippen LogP contribution in [0.4, 0.5) is 0 Å². The van der Waals surface area contributed by atoms with E-state index in [1.165, 1.54) is 43.7 Å². The molecule has 1 aliphatic heterocycles. The van der Waals surface area contributed by atoms with Crippen LogP contribution < -0.4 is 0 Å². The van der Waals surface area contributed by atoms with Gasteiger partial charge in [0.05, 0.1) is 0 Å². The van der Waals surface area contributed by atoms with E-state index in [1.54, 1.807) is 0 Å². The molecule has 82 valence electrons. The smallest absolute Gasteiger partial charge is 0.0475 e. The van der Waals surface area contributed by atoms with Gasteiger partial charge < -0.3 is 4.57 Å². The summed E-state index contributed by atoms with van der Waals surface area (Å²) in [4.78, 5) is 2.68. The molecule has 0 aromatic carbocycles. The number of hydrogen-bond acceptors (Lipinski definition) is 1. The second-order valence-corrected chi connectivity index (χ2v) is 5.15. The summed E-state index contributed by atoms with van der Waals surface area (Å²) in [5.74, 6) is 0. The number of hydrogen-bond donors (Lipinski definition) is 0. The molecule has 0 amide bonds. The molecule has 1 saturated carbocycles. The summed E-state index contributed by atoms with van der Waals surface area (Å²) < 4.78 is 2.53. The molecule has 0 spiro atoms. The largest absolute Gasteiger partial charge is 0.345 e. The van der Waals surface area contributed by atoms with E-state index in [1.807, 2.05) is 0 Å². The molecule has 2 aliphatic rings. The van der Waals surface area contributed by atoms with Gasteiger partial charge in [0, 0.05) is 36.6 Å². The first-order chi connectivity index (χ1) is 7.25. The van der Waals surface area contributed by atoms with E-state index in [9.17, 15) is 0 Å². The zero-order chi connectivity index (χ0) is 10.4. The van der Waals surface area contributed by atoms with E-state index in [4.69, 9.17) is 0 Å². The van der Waals surface area contributed by atoms with E-state index in [-0.39, 0.29) is 0 Å². The minimum absolute atomic E-state index is 0.737. The maximum Gasteiger partial charge on any atom is 0.0475 e. The van der Waals surface area contributed by atoms with Gasteiger partial charge in [-0.25, -0.2) is 0 Å². The van der Waals surface area contributed by atoms with Crippen molar-refractivity contribution in [1.82, 2.24) is 9.47 Å². The van der Waals surface area contributed by atoms with E-state index in [2.05, 4.69) is 35.4 Å². The lowest BCUT2D eigenvalue weighted by Gasteiger charge is -2.19. The van der Waals surface area contributed by atoms with Gasteiger partial charge in [-0.2, -0.15) is 0 Å². The van der Waals surface area contributed by atoms with Crippen LogP contribution in [0.25, 0.3) is 0 Å². The van der Waals surface area contributed by atoms with Gasteiger partial charge in [0.25, 0.3) is 0 Å². The van der Waals surface area contributed by atoms with Gasteiger partial charge in [0.15, 0.2) is 0 Å². The second kappa shape index (κ2) is 3.38. The standard InChI is InChI=1S/C13H20N2/c1-10-3-4-11(2)15(10)13-7-8-14(9-13)12-5-6-12/h3-4,12-13H,5-9H2,1-2H3. The predicted molar refractivity (Wildman–Crippen MR) is 62.2 cm³/mol. The Bertz CT molecular complexity index is 343. The highest BCUT2D eigenvalue weighted by Crippen LogP contribution is 2.34. The van der Waals surface area contributed by atoms with Crippen LogP contribution in [-0.2, 0) is 0 Å². The van der Waals surface area contributed by atoms with Crippen molar-refractivity contribution in [2.45, 2.75) is 45.2 Å². The molecule has 2 nitrogen and oxygen atoms in total. The predicted octanol–water partition coefficient (Wildman–Crippen LogP) is 2.51.